The van der Waals surface area contributed by atoms with Gasteiger partial charge < -0.3 is 4.74 Å². The van der Waals surface area contributed by atoms with E-state index in [4.69, 9.17) is 4.74 Å². The lowest BCUT2D eigenvalue weighted by Gasteiger charge is -1.99. The highest BCUT2D eigenvalue weighted by Crippen LogP contribution is 1.95. The van der Waals surface area contributed by atoms with Crippen molar-refractivity contribution < 1.29 is 9.53 Å². The van der Waals surface area contributed by atoms with Crippen LogP contribution in [0, 0.1) is 0 Å². The Labute approximate surface area is 53.7 Å². The van der Waals surface area contributed by atoms with E-state index in [9.17, 15) is 4.79 Å². The van der Waals surface area contributed by atoms with Gasteiger partial charge in [0.2, 0.25) is 0 Å². The van der Waals surface area contributed by atoms with E-state index in [2.05, 4.69) is 11.9 Å². The fourth-order valence-electron chi connectivity index (χ4n) is 0.720. The van der Waals surface area contributed by atoms with Crippen LogP contribution in [0.3, 0.4) is 0 Å². The molecule has 1 fully saturated rings. The highest BCUT2D eigenvalue weighted by Gasteiger charge is 2.19. The van der Waals surface area contributed by atoms with Gasteiger partial charge in [-0.15, -0.1) is 0 Å². The van der Waals surface area contributed by atoms with E-state index >= 15 is 0 Å². The van der Waals surface area contributed by atoms with Gasteiger partial charge in [-0.3, -0.25) is 10.1 Å². The molecule has 3 nitrogen and oxygen atoms in total. The molecule has 0 amide bonds. The van der Waals surface area contributed by atoms with Crippen LogP contribution in [0.1, 0.15) is 0 Å². The third-order valence-corrected chi connectivity index (χ3v) is 1.26. The topological polar surface area (TPSA) is 38.3 Å². The molecule has 1 aliphatic rings. The molecular formula is C6H9NO2. The van der Waals surface area contributed by atoms with Crippen LogP contribution in [-0.4, -0.2) is 25.2 Å². The van der Waals surface area contributed by atoms with Gasteiger partial charge in [0.15, 0.2) is 5.78 Å². The summed E-state index contributed by atoms with van der Waals surface area (Å²) in [5, 5.41) is 2.86. The van der Waals surface area contributed by atoms with Crippen molar-refractivity contribution in [3.05, 3.63) is 12.7 Å². The van der Waals surface area contributed by atoms with Crippen LogP contribution >= 0.6 is 0 Å². The maximum absolute atomic E-state index is 10.8. The van der Waals surface area contributed by atoms with Gasteiger partial charge in [-0.25, -0.2) is 0 Å². The average molecular weight is 127 g/mol. The molecule has 1 unspecified atom stereocenters. The largest absolute Gasteiger partial charge is 0.364 e. The number of carbonyl (C=O) groups is 1. The molecule has 1 atom stereocenters. The smallest absolute Gasteiger partial charge is 0.174 e. The first-order valence-electron chi connectivity index (χ1n) is 2.82. The zero-order chi connectivity index (χ0) is 6.69. The molecule has 1 aliphatic heterocycles. The van der Waals surface area contributed by atoms with E-state index < -0.39 is 0 Å². The highest BCUT2D eigenvalue weighted by atomic mass is 16.5. The Morgan fingerprint density at radius 2 is 2.67 bits per heavy atom. The molecule has 0 spiro atoms. The van der Waals surface area contributed by atoms with Crippen molar-refractivity contribution in [2.75, 3.05) is 13.3 Å². The minimum Gasteiger partial charge on any atom is -0.364 e. The summed E-state index contributed by atoms with van der Waals surface area (Å²) in [6, 6.07) is -0.150. The van der Waals surface area contributed by atoms with E-state index in [1.165, 1.54) is 6.08 Å². The van der Waals surface area contributed by atoms with Gasteiger partial charge in [-0.05, 0) is 6.08 Å². The number of ether oxygens (including phenoxy) is 1. The Balaban J connectivity index is 2.41. The molecule has 0 aromatic rings. The van der Waals surface area contributed by atoms with E-state index in [0.717, 1.165) is 0 Å². The van der Waals surface area contributed by atoms with Crippen LogP contribution < -0.4 is 5.32 Å². The molecule has 0 aromatic carbocycles. The zero-order valence-corrected chi connectivity index (χ0v) is 5.09. The van der Waals surface area contributed by atoms with Crippen LogP contribution in [0.4, 0.5) is 0 Å². The molecule has 9 heavy (non-hydrogen) atoms. The van der Waals surface area contributed by atoms with Crippen LogP contribution in [0.2, 0.25) is 0 Å². The maximum Gasteiger partial charge on any atom is 0.174 e. The van der Waals surface area contributed by atoms with Gasteiger partial charge in [-0.1, -0.05) is 6.58 Å². The van der Waals surface area contributed by atoms with E-state index in [1.807, 2.05) is 0 Å². The van der Waals surface area contributed by atoms with Crippen molar-refractivity contribution in [1.82, 2.24) is 5.32 Å². The molecule has 1 rings (SSSR count). The summed E-state index contributed by atoms with van der Waals surface area (Å²) >= 11 is 0. The Morgan fingerprint density at radius 1 is 1.89 bits per heavy atom. The van der Waals surface area contributed by atoms with Crippen LogP contribution in [0.25, 0.3) is 0 Å². The molecule has 0 bridgehead atoms. The lowest BCUT2D eigenvalue weighted by molar-refractivity contribution is -0.116. The molecule has 0 aromatic heterocycles. The Kier molecular flexibility index (Phi) is 1.97. The van der Waals surface area contributed by atoms with Crippen LogP contribution in [0.15, 0.2) is 12.7 Å². The van der Waals surface area contributed by atoms with E-state index in [-0.39, 0.29) is 11.8 Å². The first-order valence-corrected chi connectivity index (χ1v) is 2.82. The lowest BCUT2D eigenvalue weighted by Crippen LogP contribution is -2.31. The van der Waals surface area contributed by atoms with Gasteiger partial charge in [-0.2, -0.15) is 0 Å². The summed E-state index contributed by atoms with van der Waals surface area (Å²) in [4.78, 5) is 10.8. The zero-order valence-electron chi connectivity index (χ0n) is 5.09. The molecule has 3 heteroatoms. The minimum atomic E-state index is -0.150. The fourth-order valence-corrected chi connectivity index (χ4v) is 0.720. The monoisotopic (exact) mass is 127 g/mol. The van der Waals surface area contributed by atoms with E-state index in [1.54, 1.807) is 0 Å². The Morgan fingerprint density at radius 3 is 3.11 bits per heavy atom. The van der Waals surface area contributed by atoms with Gasteiger partial charge in [0, 0.05) is 0 Å². The van der Waals surface area contributed by atoms with Crippen molar-refractivity contribution in [2.45, 2.75) is 6.04 Å². The van der Waals surface area contributed by atoms with Crippen molar-refractivity contribution in [3.63, 3.8) is 0 Å². The summed E-state index contributed by atoms with van der Waals surface area (Å²) in [5.74, 6) is 0.00694. The van der Waals surface area contributed by atoms with Crippen LogP contribution in [-0.2, 0) is 9.53 Å². The predicted octanol–water partition coefficient (Wildman–Crippen LogP) is -0.313. The highest BCUT2D eigenvalue weighted by molar-refractivity contribution is 5.94. The van der Waals surface area contributed by atoms with Crippen molar-refractivity contribution in [3.8, 4) is 0 Å². The number of nitrogens with one attached hydrogen (secondary N) is 1. The second-order valence-electron chi connectivity index (χ2n) is 1.88. The Hall–Kier alpha value is -0.670. The molecular weight excluding hydrogens is 118 g/mol. The first kappa shape index (κ1) is 6.45. The van der Waals surface area contributed by atoms with Crippen molar-refractivity contribution >= 4 is 5.78 Å². The average Bonchev–Trinajstić information content (AvgIpc) is 2.37. The van der Waals surface area contributed by atoms with Crippen LogP contribution in [0.5, 0.6) is 0 Å². The third-order valence-electron chi connectivity index (χ3n) is 1.26. The van der Waals surface area contributed by atoms with Gasteiger partial charge in [0.25, 0.3) is 0 Å². The number of ketones is 1. The summed E-state index contributed by atoms with van der Waals surface area (Å²) in [5.41, 5.74) is 0. The molecule has 1 N–H and O–H groups in total. The van der Waals surface area contributed by atoms with E-state index in [0.29, 0.717) is 13.3 Å². The second-order valence-corrected chi connectivity index (χ2v) is 1.88. The maximum atomic E-state index is 10.8. The number of carbonyl (C=O) groups excluding carboxylic acids is 1. The summed E-state index contributed by atoms with van der Waals surface area (Å²) < 4.78 is 4.90. The normalized spacial score (nSPS) is 26.0. The fraction of sp³-hybridized carbons (Fsp3) is 0.500. The standard InChI is InChI=1S/C6H9NO2/c1-2-6(8)5-3-9-4-7-5/h2,5,7H,1,3-4H2. The second kappa shape index (κ2) is 2.75. The Bertz CT molecular complexity index is 127. The summed E-state index contributed by atoms with van der Waals surface area (Å²) in [6.45, 7) is 4.31. The van der Waals surface area contributed by atoms with Gasteiger partial charge in [0.05, 0.1) is 19.4 Å². The SMILES string of the molecule is C=CC(=O)C1COCN1. The van der Waals surface area contributed by atoms with Gasteiger partial charge in [0.1, 0.15) is 0 Å². The number of rotatable bonds is 2. The quantitative estimate of drug-likeness (QED) is 0.517. The van der Waals surface area contributed by atoms with Gasteiger partial charge >= 0.3 is 0 Å². The predicted molar refractivity (Wildman–Crippen MR) is 32.9 cm³/mol. The first-order chi connectivity index (χ1) is 4.34. The number of hydrogen-bond donors (Lipinski definition) is 1. The number of hydrogen-bond acceptors (Lipinski definition) is 3. The molecule has 1 saturated heterocycles. The molecule has 0 saturated carbocycles. The summed E-state index contributed by atoms with van der Waals surface area (Å²) in [7, 11) is 0. The lowest BCUT2D eigenvalue weighted by atomic mass is 10.2. The molecule has 1 heterocycles. The summed E-state index contributed by atoms with van der Waals surface area (Å²) in [6.07, 6.45) is 1.31. The molecule has 50 valence electrons. The molecule has 0 aliphatic carbocycles. The van der Waals surface area contributed by atoms with Crippen molar-refractivity contribution in [2.24, 2.45) is 0 Å². The molecule has 0 radical (unpaired) electrons. The third kappa shape index (κ3) is 1.37. The van der Waals surface area contributed by atoms with Crippen molar-refractivity contribution in [1.29, 1.82) is 0 Å². The minimum absolute atomic E-state index is 0.00694.